The maximum absolute atomic E-state index is 13.5. The molecule has 0 radical (unpaired) electrons. The van der Waals surface area contributed by atoms with Gasteiger partial charge in [-0.1, -0.05) is 41.9 Å². The largest absolute Gasteiger partial charge is 0.493 e. The summed E-state index contributed by atoms with van der Waals surface area (Å²) in [6.07, 6.45) is 4.37. The van der Waals surface area contributed by atoms with Gasteiger partial charge in [0.15, 0.2) is 11.5 Å². The lowest BCUT2D eigenvalue weighted by atomic mass is 10.2. The zero-order valence-corrected chi connectivity index (χ0v) is 17.6. The summed E-state index contributed by atoms with van der Waals surface area (Å²) in [4.78, 5) is 20.9. The molecule has 6 nitrogen and oxygen atoms in total. The number of methoxy groups -OCH3 is 1. The minimum Gasteiger partial charge on any atom is -0.493 e. The van der Waals surface area contributed by atoms with Crippen LogP contribution in [0.4, 0.5) is 15.9 Å². The van der Waals surface area contributed by atoms with Gasteiger partial charge in [-0.3, -0.25) is 0 Å². The van der Waals surface area contributed by atoms with E-state index in [1.54, 1.807) is 18.2 Å². The number of nitrogens with one attached hydrogen (secondary N) is 1. The second-order valence-corrected chi connectivity index (χ2v) is 7.07. The van der Waals surface area contributed by atoms with Crippen LogP contribution in [0.3, 0.4) is 0 Å². The van der Waals surface area contributed by atoms with Crippen LogP contribution in [0.1, 0.15) is 5.56 Å². The number of hydrogen-bond acceptors (Lipinski definition) is 6. The highest BCUT2D eigenvalue weighted by Gasteiger charge is 2.14. The lowest BCUT2D eigenvalue weighted by Crippen LogP contribution is -2.05. The van der Waals surface area contributed by atoms with Gasteiger partial charge >= 0.3 is 5.97 Å². The summed E-state index contributed by atoms with van der Waals surface area (Å²) in [6.45, 7) is 0. The van der Waals surface area contributed by atoms with Crippen LogP contribution in [0.5, 0.6) is 11.5 Å². The highest BCUT2D eigenvalue weighted by Crippen LogP contribution is 2.35. The second-order valence-electron chi connectivity index (χ2n) is 6.66. The maximum atomic E-state index is 13.5. The lowest BCUT2D eigenvalue weighted by molar-refractivity contribution is -0.129. The van der Waals surface area contributed by atoms with E-state index in [1.165, 1.54) is 37.7 Å². The highest BCUT2D eigenvalue weighted by molar-refractivity contribution is 6.31. The molecule has 0 aliphatic rings. The summed E-state index contributed by atoms with van der Waals surface area (Å²) in [5, 5.41) is 3.64. The first-order chi connectivity index (χ1) is 15.5. The molecule has 0 unspecified atom stereocenters. The third kappa shape index (κ3) is 4.84. The molecule has 4 rings (SSSR count). The van der Waals surface area contributed by atoms with Crippen molar-refractivity contribution in [2.45, 2.75) is 0 Å². The summed E-state index contributed by atoms with van der Waals surface area (Å²) in [5.41, 5.74) is 1.97. The third-order valence-corrected chi connectivity index (χ3v) is 4.81. The number of benzene rings is 3. The van der Waals surface area contributed by atoms with Crippen LogP contribution in [0.15, 0.2) is 73.1 Å². The van der Waals surface area contributed by atoms with E-state index in [9.17, 15) is 9.18 Å². The van der Waals surface area contributed by atoms with E-state index in [2.05, 4.69) is 15.3 Å². The first-order valence-electron chi connectivity index (χ1n) is 9.53. The van der Waals surface area contributed by atoms with Crippen molar-refractivity contribution in [2.24, 2.45) is 0 Å². The van der Waals surface area contributed by atoms with Gasteiger partial charge in [0, 0.05) is 23.2 Å². The van der Waals surface area contributed by atoms with Gasteiger partial charge in [-0.2, -0.15) is 0 Å². The molecule has 0 aliphatic carbocycles. The maximum Gasteiger partial charge on any atom is 0.336 e. The number of halogens is 2. The Labute approximate surface area is 188 Å². The van der Waals surface area contributed by atoms with Gasteiger partial charge in [-0.15, -0.1) is 0 Å². The molecule has 0 bridgehead atoms. The normalized spacial score (nSPS) is 11.0. The van der Waals surface area contributed by atoms with Crippen molar-refractivity contribution in [1.29, 1.82) is 0 Å². The first kappa shape index (κ1) is 21.3. The molecule has 32 heavy (non-hydrogen) atoms. The number of ether oxygens (including phenoxy) is 2. The zero-order chi connectivity index (χ0) is 22.5. The predicted octanol–water partition coefficient (Wildman–Crippen LogP) is 5.79. The van der Waals surface area contributed by atoms with Gasteiger partial charge in [0.1, 0.15) is 18.0 Å². The Morgan fingerprint density at radius 3 is 2.62 bits per heavy atom. The number of esters is 1. The zero-order valence-electron chi connectivity index (χ0n) is 16.9. The Hall–Kier alpha value is -3.97. The van der Waals surface area contributed by atoms with E-state index in [0.717, 1.165) is 5.56 Å². The molecular formula is C24H17ClFN3O3. The van der Waals surface area contributed by atoms with E-state index < -0.39 is 11.8 Å². The Balaban J connectivity index is 1.65. The highest BCUT2D eigenvalue weighted by atomic mass is 35.5. The summed E-state index contributed by atoms with van der Waals surface area (Å²) >= 11 is 5.87. The van der Waals surface area contributed by atoms with E-state index in [4.69, 9.17) is 21.1 Å². The summed E-state index contributed by atoms with van der Waals surface area (Å²) in [5.74, 6) is -0.112. The van der Waals surface area contributed by atoms with Crippen LogP contribution in [0, 0.1) is 5.82 Å². The fourth-order valence-electron chi connectivity index (χ4n) is 2.98. The summed E-state index contributed by atoms with van der Waals surface area (Å²) < 4.78 is 24.3. The molecule has 0 spiro atoms. The lowest BCUT2D eigenvalue weighted by Gasteiger charge is -2.12. The standard InChI is InChI=1S/C24H17ClFN3O3/c1-31-21-13-20-17(12-22(21)32-23(30)10-7-15-5-3-2-4-6-15)24(28-14-27-20)29-16-8-9-19(26)18(25)11-16/h2-14H,1H3,(H,27,28,29). The number of anilines is 2. The van der Waals surface area contributed by atoms with E-state index in [1.807, 2.05) is 30.3 Å². The molecule has 0 saturated carbocycles. The smallest absolute Gasteiger partial charge is 0.336 e. The number of aromatic nitrogens is 2. The molecule has 3 aromatic carbocycles. The van der Waals surface area contributed by atoms with Crippen LogP contribution in [-0.4, -0.2) is 23.0 Å². The first-order valence-corrected chi connectivity index (χ1v) is 9.91. The molecule has 0 amide bonds. The number of hydrogen-bond donors (Lipinski definition) is 1. The van der Waals surface area contributed by atoms with Gasteiger partial charge in [0.05, 0.1) is 17.6 Å². The third-order valence-electron chi connectivity index (χ3n) is 4.53. The van der Waals surface area contributed by atoms with Gasteiger partial charge in [0.2, 0.25) is 0 Å². The SMILES string of the molecule is COc1cc2ncnc(Nc3ccc(F)c(Cl)c3)c2cc1OC(=O)C=Cc1ccccc1. The van der Waals surface area contributed by atoms with E-state index in [-0.39, 0.29) is 10.8 Å². The molecule has 1 aromatic heterocycles. The van der Waals surface area contributed by atoms with Crippen molar-refractivity contribution in [3.05, 3.63) is 89.5 Å². The minimum atomic E-state index is -0.567. The van der Waals surface area contributed by atoms with Gasteiger partial charge in [-0.25, -0.2) is 19.2 Å². The monoisotopic (exact) mass is 449 g/mol. The topological polar surface area (TPSA) is 73.3 Å². The van der Waals surface area contributed by atoms with Crippen molar-refractivity contribution >= 4 is 46.1 Å². The molecule has 160 valence electrons. The molecule has 0 aliphatic heterocycles. The van der Waals surface area contributed by atoms with Crippen LogP contribution in [0.25, 0.3) is 17.0 Å². The molecule has 0 atom stereocenters. The Bertz CT molecular complexity index is 1310. The van der Waals surface area contributed by atoms with Gasteiger partial charge in [0.25, 0.3) is 0 Å². The van der Waals surface area contributed by atoms with Crippen LogP contribution >= 0.6 is 11.6 Å². The minimum absolute atomic E-state index is 0.0187. The predicted molar refractivity (Wildman–Crippen MR) is 122 cm³/mol. The molecular weight excluding hydrogens is 433 g/mol. The quantitative estimate of drug-likeness (QED) is 0.228. The van der Waals surface area contributed by atoms with Crippen molar-refractivity contribution in [3.8, 4) is 11.5 Å². The number of rotatable bonds is 6. The van der Waals surface area contributed by atoms with Crippen LogP contribution in [0.2, 0.25) is 5.02 Å². The molecule has 0 fully saturated rings. The molecule has 1 heterocycles. The molecule has 8 heteroatoms. The number of carbonyl (C=O) groups is 1. The van der Waals surface area contributed by atoms with Gasteiger partial charge < -0.3 is 14.8 Å². The Kier molecular flexibility index (Phi) is 6.28. The van der Waals surface area contributed by atoms with E-state index >= 15 is 0 Å². The van der Waals surface area contributed by atoms with Crippen molar-refractivity contribution in [1.82, 2.24) is 9.97 Å². The molecule has 1 N–H and O–H groups in total. The van der Waals surface area contributed by atoms with Crippen molar-refractivity contribution in [2.75, 3.05) is 12.4 Å². The second kappa shape index (κ2) is 9.45. The van der Waals surface area contributed by atoms with Gasteiger partial charge in [-0.05, 0) is 35.9 Å². The van der Waals surface area contributed by atoms with Crippen LogP contribution < -0.4 is 14.8 Å². The Morgan fingerprint density at radius 1 is 1.06 bits per heavy atom. The Morgan fingerprint density at radius 2 is 1.88 bits per heavy atom. The fourth-order valence-corrected chi connectivity index (χ4v) is 3.16. The average molecular weight is 450 g/mol. The average Bonchev–Trinajstić information content (AvgIpc) is 2.81. The molecule has 4 aromatic rings. The fraction of sp³-hybridized carbons (Fsp3) is 0.0417. The summed E-state index contributed by atoms with van der Waals surface area (Å²) in [7, 11) is 1.47. The van der Waals surface area contributed by atoms with E-state index in [0.29, 0.717) is 28.2 Å². The van der Waals surface area contributed by atoms with Crippen molar-refractivity contribution in [3.63, 3.8) is 0 Å². The molecule has 0 saturated heterocycles. The summed E-state index contributed by atoms with van der Waals surface area (Å²) in [6, 6.07) is 16.9. The number of nitrogens with zero attached hydrogens (tertiary/aromatic N) is 2. The number of fused-ring (bicyclic) bond motifs is 1. The van der Waals surface area contributed by atoms with Crippen molar-refractivity contribution < 1.29 is 18.7 Å². The van der Waals surface area contributed by atoms with Crippen LogP contribution in [-0.2, 0) is 4.79 Å². The number of carbonyl (C=O) groups excluding carboxylic acids is 1.